The van der Waals surface area contributed by atoms with Crippen LogP contribution < -0.4 is 27.4 Å². The van der Waals surface area contributed by atoms with E-state index in [0.717, 1.165) is 57.8 Å². The molecule has 10 nitrogen and oxygen atoms in total. The zero-order valence-corrected chi connectivity index (χ0v) is 20.1. The Morgan fingerprint density at radius 1 is 1.08 bits per heavy atom. The van der Waals surface area contributed by atoms with E-state index in [1.54, 1.807) is 16.8 Å². The Bertz CT molecular complexity index is 1240. The van der Waals surface area contributed by atoms with Crippen LogP contribution in [0.5, 0.6) is 5.75 Å². The van der Waals surface area contributed by atoms with Gasteiger partial charge in [0.1, 0.15) is 5.69 Å². The maximum Gasteiger partial charge on any atom is 0.225 e. The number of phenolic OH excluding ortho intramolecular Hbond substituents is 1. The molecule has 0 bridgehead atoms. The fourth-order valence-corrected chi connectivity index (χ4v) is 5.05. The zero-order valence-electron chi connectivity index (χ0n) is 20.1. The molecule has 2 aromatic heterocycles. The van der Waals surface area contributed by atoms with Crippen molar-refractivity contribution in [2.24, 2.45) is 5.73 Å². The van der Waals surface area contributed by atoms with Crippen LogP contribution in [0.15, 0.2) is 30.6 Å². The van der Waals surface area contributed by atoms with Gasteiger partial charge in [-0.1, -0.05) is 6.07 Å². The van der Waals surface area contributed by atoms with Crippen LogP contribution in [0.2, 0.25) is 0 Å². The Kier molecular flexibility index (Phi) is 6.64. The summed E-state index contributed by atoms with van der Waals surface area (Å²) in [6.07, 6.45) is 9.31. The first-order valence-electron chi connectivity index (χ1n) is 12.3. The molecule has 2 aliphatic rings. The van der Waals surface area contributed by atoms with Crippen molar-refractivity contribution < 1.29 is 9.50 Å². The monoisotopic (exact) mass is 493 g/mol. The number of phenols is 1. The first kappa shape index (κ1) is 23.9. The average Bonchev–Trinajstić information content (AvgIpc) is 3.19. The number of benzene rings is 1. The maximum atomic E-state index is 13.8. The smallest absolute Gasteiger partial charge is 0.225 e. The second-order valence-corrected chi connectivity index (χ2v) is 9.42. The van der Waals surface area contributed by atoms with Crippen molar-refractivity contribution in [3.05, 3.63) is 53.2 Å². The van der Waals surface area contributed by atoms with Crippen molar-refractivity contribution in [1.82, 2.24) is 25.1 Å². The van der Waals surface area contributed by atoms with Gasteiger partial charge in [0.25, 0.3) is 0 Å². The topological polar surface area (TPSA) is 157 Å². The lowest BCUT2D eigenvalue weighted by molar-refractivity contribution is 0.364. The molecule has 11 heteroatoms. The molecule has 0 unspecified atom stereocenters. The van der Waals surface area contributed by atoms with Crippen molar-refractivity contribution in [3.8, 4) is 5.75 Å². The van der Waals surface area contributed by atoms with Gasteiger partial charge in [0, 0.05) is 36.7 Å². The second-order valence-electron chi connectivity index (χ2n) is 9.42. The Morgan fingerprint density at radius 2 is 1.78 bits per heavy atom. The number of nitrogens with two attached hydrogens (primary N) is 3. The first-order valence-corrected chi connectivity index (χ1v) is 12.3. The second kappa shape index (κ2) is 10.0. The standard InChI is InChI=1S/C25H32FN9O/c26-19-3-1-2-18(23(19)36)20(27)12-21-22(28)24(29)33-35(21)17-6-10-34(11-7-17)25-31-13-16(14-32-25)15-4-8-30-9-5-15/h1-3,12-15,17,30,36H,4-11,27-28H2,(H2,29,33)/b20-12-. The summed E-state index contributed by atoms with van der Waals surface area (Å²) < 4.78 is 15.6. The van der Waals surface area contributed by atoms with Crippen LogP contribution in [0, 0.1) is 5.82 Å². The third-order valence-electron chi connectivity index (χ3n) is 7.17. The van der Waals surface area contributed by atoms with Gasteiger partial charge in [-0.15, -0.1) is 0 Å². The fourth-order valence-electron chi connectivity index (χ4n) is 5.05. The maximum absolute atomic E-state index is 13.8. The van der Waals surface area contributed by atoms with Crippen molar-refractivity contribution in [3.63, 3.8) is 0 Å². The summed E-state index contributed by atoms with van der Waals surface area (Å²) in [5.74, 6) is 0.204. The van der Waals surface area contributed by atoms with E-state index in [9.17, 15) is 9.50 Å². The number of hydrogen-bond donors (Lipinski definition) is 5. The molecule has 8 N–H and O–H groups in total. The number of nitrogens with one attached hydrogen (secondary N) is 1. The van der Waals surface area contributed by atoms with Crippen molar-refractivity contribution >= 4 is 29.2 Å². The van der Waals surface area contributed by atoms with E-state index in [4.69, 9.17) is 17.2 Å². The molecule has 2 fully saturated rings. The Hall–Kier alpha value is -3.86. The predicted molar refractivity (Wildman–Crippen MR) is 139 cm³/mol. The van der Waals surface area contributed by atoms with Gasteiger partial charge in [-0.2, -0.15) is 5.10 Å². The van der Waals surface area contributed by atoms with Gasteiger partial charge in [-0.05, 0) is 68.5 Å². The molecule has 2 aliphatic heterocycles. The number of aromatic nitrogens is 4. The Labute approximate surface area is 209 Å². The highest BCUT2D eigenvalue weighted by molar-refractivity contribution is 5.86. The number of nitrogen functional groups attached to an aromatic ring is 2. The summed E-state index contributed by atoms with van der Waals surface area (Å²) in [6, 6.07) is 4.23. The van der Waals surface area contributed by atoms with Gasteiger partial charge in [0.15, 0.2) is 17.4 Å². The molecule has 190 valence electrons. The number of piperidine rings is 2. The van der Waals surface area contributed by atoms with Gasteiger partial charge in [0.05, 0.1) is 11.7 Å². The summed E-state index contributed by atoms with van der Waals surface area (Å²) >= 11 is 0. The van der Waals surface area contributed by atoms with Gasteiger partial charge < -0.3 is 32.5 Å². The highest BCUT2D eigenvalue weighted by Gasteiger charge is 2.26. The predicted octanol–water partition coefficient (Wildman–Crippen LogP) is 2.45. The summed E-state index contributed by atoms with van der Waals surface area (Å²) in [5, 5.41) is 17.9. The van der Waals surface area contributed by atoms with Gasteiger partial charge in [-0.25, -0.2) is 14.4 Å². The number of rotatable bonds is 5. The van der Waals surface area contributed by atoms with Gasteiger partial charge in [-0.3, -0.25) is 4.68 Å². The number of hydrogen-bond acceptors (Lipinski definition) is 9. The van der Waals surface area contributed by atoms with E-state index in [-0.39, 0.29) is 23.1 Å². The molecule has 3 aromatic rings. The summed E-state index contributed by atoms with van der Waals surface area (Å²) in [6.45, 7) is 3.57. The number of halogens is 1. The molecule has 0 amide bonds. The lowest BCUT2D eigenvalue weighted by Crippen LogP contribution is -2.36. The van der Waals surface area contributed by atoms with Gasteiger partial charge in [0.2, 0.25) is 5.95 Å². The minimum Gasteiger partial charge on any atom is -0.504 e. The first-order chi connectivity index (χ1) is 17.4. The minimum atomic E-state index is -0.747. The van der Waals surface area contributed by atoms with Crippen molar-refractivity contribution in [2.75, 3.05) is 42.5 Å². The number of nitrogens with zero attached hydrogens (tertiary/aromatic N) is 5. The van der Waals surface area contributed by atoms with Crippen LogP contribution in [0.1, 0.15) is 54.5 Å². The van der Waals surface area contributed by atoms with E-state index in [1.807, 2.05) is 12.4 Å². The Balaban J connectivity index is 1.30. The SMILES string of the molecule is N/C(=C\c1c(N)c(N)nn1C1CCN(c2ncc(C3CCNCC3)cn2)CC1)c1cccc(F)c1O. The van der Waals surface area contributed by atoms with Crippen LogP contribution in [-0.2, 0) is 0 Å². The highest BCUT2D eigenvalue weighted by atomic mass is 19.1. The minimum absolute atomic E-state index is 0.0371. The molecule has 5 rings (SSSR count). The molecular weight excluding hydrogens is 461 g/mol. The molecule has 2 saturated heterocycles. The summed E-state index contributed by atoms with van der Waals surface area (Å²) in [5.41, 5.74) is 20.9. The molecule has 0 spiro atoms. The average molecular weight is 494 g/mol. The van der Waals surface area contributed by atoms with Crippen LogP contribution in [0.25, 0.3) is 11.8 Å². The number of aromatic hydroxyl groups is 1. The number of para-hydroxylation sites is 1. The molecule has 0 aliphatic carbocycles. The van der Waals surface area contributed by atoms with Crippen LogP contribution in [-0.4, -0.2) is 51.0 Å². The third-order valence-corrected chi connectivity index (χ3v) is 7.17. The van der Waals surface area contributed by atoms with Crippen molar-refractivity contribution in [1.29, 1.82) is 0 Å². The molecule has 0 saturated carbocycles. The van der Waals surface area contributed by atoms with E-state index in [2.05, 4.69) is 25.3 Å². The quantitative estimate of drug-likeness (QED) is 0.360. The zero-order chi connectivity index (χ0) is 25.2. The molecule has 1 aromatic carbocycles. The largest absolute Gasteiger partial charge is 0.504 e. The normalized spacial score (nSPS) is 18.0. The van der Waals surface area contributed by atoms with Crippen LogP contribution in [0.3, 0.4) is 0 Å². The summed E-state index contributed by atoms with van der Waals surface area (Å²) in [4.78, 5) is 11.5. The van der Waals surface area contributed by atoms with E-state index < -0.39 is 11.6 Å². The highest BCUT2D eigenvalue weighted by Crippen LogP contribution is 2.33. The molecule has 0 atom stereocenters. The summed E-state index contributed by atoms with van der Waals surface area (Å²) in [7, 11) is 0. The lowest BCUT2D eigenvalue weighted by Gasteiger charge is -2.32. The molecule has 0 radical (unpaired) electrons. The lowest BCUT2D eigenvalue weighted by atomic mass is 9.92. The third kappa shape index (κ3) is 4.66. The van der Waals surface area contributed by atoms with E-state index >= 15 is 0 Å². The molecule has 36 heavy (non-hydrogen) atoms. The number of anilines is 3. The Morgan fingerprint density at radius 3 is 2.47 bits per heavy atom. The molecule has 4 heterocycles. The van der Waals surface area contributed by atoms with E-state index in [1.165, 1.54) is 17.7 Å². The molecular formula is C25H32FN9O. The van der Waals surface area contributed by atoms with Crippen molar-refractivity contribution in [2.45, 2.75) is 37.6 Å². The van der Waals surface area contributed by atoms with E-state index in [0.29, 0.717) is 17.3 Å². The van der Waals surface area contributed by atoms with Gasteiger partial charge >= 0.3 is 0 Å². The fraction of sp³-hybridized carbons (Fsp3) is 0.400. The van der Waals surface area contributed by atoms with Crippen LogP contribution >= 0.6 is 0 Å². The van der Waals surface area contributed by atoms with Crippen LogP contribution in [0.4, 0.5) is 21.8 Å².